The van der Waals surface area contributed by atoms with Gasteiger partial charge in [-0.2, -0.15) is 13.2 Å². The lowest BCUT2D eigenvalue weighted by molar-refractivity contribution is -0.192. The second-order valence-corrected chi connectivity index (χ2v) is 10.7. The summed E-state index contributed by atoms with van der Waals surface area (Å²) in [5, 5.41) is 16.9. The van der Waals surface area contributed by atoms with Crippen LogP contribution in [0, 0.1) is 0 Å². The van der Waals surface area contributed by atoms with E-state index in [1.807, 2.05) is 31.2 Å². The molecule has 0 unspecified atom stereocenters. The summed E-state index contributed by atoms with van der Waals surface area (Å²) in [4.78, 5) is 25.4. The van der Waals surface area contributed by atoms with Gasteiger partial charge in [0.25, 0.3) is 10.0 Å². The normalized spacial score (nSPS) is 13.5. The number of carboxylic acid groups (broad SMARTS) is 2. The molecule has 1 heterocycles. The third-order valence-electron chi connectivity index (χ3n) is 6.45. The number of nitrogens with one attached hydrogen (secondary N) is 1. The molecule has 3 aromatic rings. The molecule has 0 aromatic heterocycles. The van der Waals surface area contributed by atoms with Gasteiger partial charge in [0.1, 0.15) is 5.75 Å². The number of benzene rings is 3. The van der Waals surface area contributed by atoms with Crippen molar-refractivity contribution in [2.45, 2.75) is 24.4 Å². The van der Waals surface area contributed by atoms with E-state index in [4.69, 9.17) is 14.6 Å². The Bertz CT molecular complexity index is 1510. The molecule has 42 heavy (non-hydrogen) atoms. The van der Waals surface area contributed by atoms with Crippen LogP contribution in [0.3, 0.4) is 0 Å². The van der Waals surface area contributed by atoms with Gasteiger partial charge < -0.3 is 24.7 Å². The van der Waals surface area contributed by atoms with Crippen molar-refractivity contribution in [1.29, 1.82) is 0 Å². The average Bonchev–Trinajstić information content (AvgIpc) is 2.97. The number of ether oxygens (including phenoxy) is 1. The molecule has 0 saturated carbocycles. The van der Waals surface area contributed by atoms with Gasteiger partial charge in [0.15, 0.2) is 0 Å². The molecule has 3 N–H and O–H groups in total. The standard InChI is InChI=1S/C26H29N3O5S.C2HF3O2/c1-3-19-6-4-5-7-25(19)35(32,33)27-24-13-10-21(18-23(24)26(30)31)29-16-14-28(15-17-29)20-8-11-22(34-2)12-9-20;3-2(4,5)1(6)7/h4-13,18,27H,3,14-17H2,1-2H3,(H,30,31);(H,6,7). The zero-order valence-corrected chi connectivity index (χ0v) is 23.6. The van der Waals surface area contributed by atoms with Crippen LogP contribution < -0.4 is 19.3 Å². The van der Waals surface area contributed by atoms with Gasteiger partial charge in [0.05, 0.1) is 23.3 Å². The van der Waals surface area contributed by atoms with Crippen molar-refractivity contribution < 1.29 is 46.1 Å². The number of rotatable bonds is 8. The van der Waals surface area contributed by atoms with Crippen LogP contribution >= 0.6 is 0 Å². The molecule has 226 valence electrons. The quantitative estimate of drug-likeness (QED) is 0.332. The first-order valence-electron chi connectivity index (χ1n) is 12.7. The van der Waals surface area contributed by atoms with E-state index < -0.39 is 28.1 Å². The van der Waals surface area contributed by atoms with Crippen LogP contribution in [0.4, 0.5) is 30.2 Å². The fourth-order valence-corrected chi connectivity index (χ4v) is 5.66. The number of methoxy groups -OCH3 is 1. The number of hydrogen-bond acceptors (Lipinski definition) is 7. The number of sulfonamides is 1. The number of carbonyl (C=O) groups is 2. The Labute approximate surface area is 241 Å². The lowest BCUT2D eigenvalue weighted by Gasteiger charge is -2.37. The summed E-state index contributed by atoms with van der Waals surface area (Å²) >= 11 is 0. The van der Waals surface area contributed by atoms with E-state index >= 15 is 0 Å². The van der Waals surface area contributed by atoms with Gasteiger partial charge in [-0.1, -0.05) is 25.1 Å². The highest BCUT2D eigenvalue weighted by Crippen LogP contribution is 2.29. The minimum absolute atomic E-state index is 0.0454. The summed E-state index contributed by atoms with van der Waals surface area (Å²) in [6, 6.07) is 19.4. The number of nitrogens with zero attached hydrogens (tertiary/aromatic N) is 2. The van der Waals surface area contributed by atoms with Crippen molar-refractivity contribution in [2.24, 2.45) is 0 Å². The maximum Gasteiger partial charge on any atom is 0.490 e. The predicted octanol–water partition coefficient (Wildman–Crippen LogP) is 4.72. The van der Waals surface area contributed by atoms with Crippen LogP contribution in [0.1, 0.15) is 22.8 Å². The Morgan fingerprint density at radius 3 is 1.93 bits per heavy atom. The molecule has 14 heteroatoms. The van der Waals surface area contributed by atoms with E-state index in [-0.39, 0.29) is 16.1 Å². The molecule has 1 aliphatic rings. The number of aromatic carboxylic acids is 1. The number of piperazine rings is 1. The number of carboxylic acids is 2. The monoisotopic (exact) mass is 609 g/mol. The Hall–Kier alpha value is -4.46. The van der Waals surface area contributed by atoms with Crippen LogP contribution in [-0.2, 0) is 21.2 Å². The molecule has 1 aliphatic heterocycles. The third-order valence-corrected chi connectivity index (χ3v) is 7.91. The zero-order chi connectivity index (χ0) is 31.1. The van der Waals surface area contributed by atoms with Gasteiger partial charge >= 0.3 is 18.1 Å². The number of aliphatic carboxylic acids is 1. The summed E-state index contributed by atoms with van der Waals surface area (Å²) in [7, 11) is -2.30. The van der Waals surface area contributed by atoms with E-state index in [9.17, 15) is 31.5 Å². The molecule has 0 bridgehead atoms. The van der Waals surface area contributed by atoms with Gasteiger partial charge in [0.2, 0.25) is 0 Å². The second-order valence-electron chi connectivity index (χ2n) is 9.08. The molecule has 1 fully saturated rings. The van der Waals surface area contributed by atoms with Gasteiger partial charge in [0, 0.05) is 37.6 Å². The highest BCUT2D eigenvalue weighted by molar-refractivity contribution is 7.92. The Kier molecular flexibility index (Phi) is 10.3. The summed E-state index contributed by atoms with van der Waals surface area (Å²) in [6.07, 6.45) is -4.54. The van der Waals surface area contributed by atoms with Gasteiger partial charge in [-0.05, 0) is 60.5 Å². The minimum Gasteiger partial charge on any atom is -0.497 e. The van der Waals surface area contributed by atoms with E-state index in [0.717, 1.165) is 30.2 Å². The lowest BCUT2D eigenvalue weighted by Crippen LogP contribution is -2.46. The first-order chi connectivity index (χ1) is 19.8. The smallest absolute Gasteiger partial charge is 0.490 e. The first-order valence-corrected chi connectivity index (χ1v) is 14.2. The van der Waals surface area contributed by atoms with Crippen LogP contribution in [0.15, 0.2) is 71.6 Å². The highest BCUT2D eigenvalue weighted by atomic mass is 32.2. The highest BCUT2D eigenvalue weighted by Gasteiger charge is 2.38. The molecule has 0 amide bonds. The average molecular weight is 610 g/mol. The van der Waals surface area contributed by atoms with E-state index in [1.165, 1.54) is 18.2 Å². The van der Waals surface area contributed by atoms with Crippen molar-refractivity contribution >= 4 is 39.0 Å². The maximum atomic E-state index is 13.0. The Morgan fingerprint density at radius 1 is 0.905 bits per heavy atom. The van der Waals surface area contributed by atoms with Crippen LogP contribution in [0.5, 0.6) is 5.75 Å². The number of anilines is 3. The van der Waals surface area contributed by atoms with E-state index in [2.05, 4.69) is 14.5 Å². The minimum atomic E-state index is -5.08. The largest absolute Gasteiger partial charge is 0.497 e. The van der Waals surface area contributed by atoms with E-state index in [1.54, 1.807) is 31.4 Å². The van der Waals surface area contributed by atoms with Crippen LogP contribution in [0.2, 0.25) is 0 Å². The number of hydrogen-bond donors (Lipinski definition) is 3. The van der Waals surface area contributed by atoms with Crippen LogP contribution in [0.25, 0.3) is 0 Å². The van der Waals surface area contributed by atoms with E-state index in [0.29, 0.717) is 25.1 Å². The van der Waals surface area contributed by atoms with Crippen molar-refractivity contribution in [2.75, 3.05) is 47.8 Å². The van der Waals surface area contributed by atoms with Gasteiger partial charge in [-0.15, -0.1) is 0 Å². The third kappa shape index (κ3) is 8.06. The molecule has 1 saturated heterocycles. The molecule has 0 atom stereocenters. The SMILES string of the molecule is CCc1ccccc1S(=O)(=O)Nc1ccc(N2CCN(c3ccc(OC)cc3)CC2)cc1C(=O)O.O=C(O)C(F)(F)F. The summed E-state index contributed by atoms with van der Waals surface area (Å²) < 4.78 is 65.5. The molecular weight excluding hydrogens is 579 g/mol. The van der Waals surface area contributed by atoms with Crippen molar-refractivity contribution in [3.8, 4) is 5.75 Å². The van der Waals surface area contributed by atoms with Gasteiger partial charge in [-0.3, -0.25) is 4.72 Å². The maximum absolute atomic E-state index is 13.0. The summed E-state index contributed by atoms with van der Waals surface area (Å²) in [5.74, 6) is -3.14. The lowest BCUT2D eigenvalue weighted by atomic mass is 10.1. The second kappa shape index (κ2) is 13.5. The van der Waals surface area contributed by atoms with Gasteiger partial charge in [-0.25, -0.2) is 18.0 Å². The topological polar surface area (TPSA) is 136 Å². The fraction of sp³-hybridized carbons (Fsp3) is 0.286. The number of halogens is 3. The number of alkyl halides is 3. The van der Waals surface area contributed by atoms with Crippen molar-refractivity contribution in [3.63, 3.8) is 0 Å². The molecule has 0 radical (unpaired) electrons. The fourth-order valence-electron chi connectivity index (χ4n) is 4.27. The molecule has 0 aliphatic carbocycles. The van der Waals surface area contributed by atoms with Crippen molar-refractivity contribution in [3.05, 3.63) is 77.9 Å². The predicted molar refractivity (Wildman–Crippen MR) is 151 cm³/mol. The van der Waals surface area contributed by atoms with Crippen molar-refractivity contribution in [1.82, 2.24) is 0 Å². The molecule has 0 spiro atoms. The Morgan fingerprint density at radius 2 is 1.43 bits per heavy atom. The zero-order valence-electron chi connectivity index (χ0n) is 22.8. The summed E-state index contributed by atoms with van der Waals surface area (Å²) in [5.41, 5.74) is 2.48. The Balaban J connectivity index is 0.000000616. The number of aryl methyl sites for hydroxylation is 1. The van der Waals surface area contributed by atoms with Crippen LogP contribution in [-0.4, -0.2) is 70.0 Å². The molecule has 4 rings (SSSR count). The summed E-state index contributed by atoms with van der Waals surface area (Å²) in [6.45, 7) is 4.84. The molecule has 10 nitrogen and oxygen atoms in total. The molecular formula is C28H30F3N3O7S. The first kappa shape index (κ1) is 32.1. The molecule has 3 aromatic carbocycles.